The molecule has 0 bridgehead atoms. The van der Waals surface area contributed by atoms with Gasteiger partial charge in [-0.2, -0.15) is 0 Å². The number of fused-ring (bicyclic) bond motifs is 1. The van der Waals surface area contributed by atoms with E-state index in [0.29, 0.717) is 6.07 Å². The Balaban J connectivity index is 1.39. The fraction of sp³-hybridized carbons (Fsp3) is 0.303. The molecule has 0 aliphatic carbocycles. The van der Waals surface area contributed by atoms with Crippen LogP contribution in [0.4, 0.5) is 23.7 Å². The van der Waals surface area contributed by atoms with Crippen molar-refractivity contribution in [3.63, 3.8) is 0 Å². The highest BCUT2D eigenvalue weighted by Gasteiger charge is 2.43. The molecule has 1 aliphatic rings. The summed E-state index contributed by atoms with van der Waals surface area (Å²) in [5, 5.41) is -2.82. The van der Waals surface area contributed by atoms with Crippen LogP contribution in [0.1, 0.15) is 22.8 Å². The maximum absolute atomic E-state index is 15.8. The first-order valence-electron chi connectivity index (χ1n) is 15.9. The van der Waals surface area contributed by atoms with Crippen LogP contribution in [0.25, 0.3) is 16.6 Å². The normalized spacial score (nSPS) is 15.7. The Hall–Kier alpha value is -4.08. The van der Waals surface area contributed by atoms with E-state index in [1.807, 2.05) is 0 Å². The monoisotopic (exact) mass is 781 g/mol. The summed E-state index contributed by atoms with van der Waals surface area (Å²) in [5.41, 5.74) is -0.821. The summed E-state index contributed by atoms with van der Waals surface area (Å²) in [5.74, 6) is -2.56. The standard InChI is InChI=1S/C33H36F3N3O10P2Si/c1-19-17-37(11-12-38(19)33(42)49-22-8-5-20(6-9-22)13-30(50(43,44)45)51(46,47)48)29-16-28-23(15-26(29)36)31(40)24(32(41)52(2,3)4)18-39(28)27-10-7-21(34)14-25(27)35/h5-10,14-16,18-19,30H,11-13,17H2,1-4H3,(H2,43,44,45)(H2,46,47,48). The van der Waals surface area contributed by atoms with Crippen molar-refractivity contribution in [2.75, 3.05) is 24.5 Å². The zero-order valence-corrected chi connectivity index (χ0v) is 31.2. The zero-order valence-electron chi connectivity index (χ0n) is 28.4. The third kappa shape index (κ3) is 8.26. The van der Waals surface area contributed by atoms with E-state index in [1.165, 1.54) is 46.0 Å². The fourth-order valence-corrected chi connectivity index (χ4v) is 9.41. The lowest BCUT2D eigenvalue weighted by atomic mass is 10.1. The molecule has 13 nitrogen and oxygen atoms in total. The molecular weight excluding hydrogens is 745 g/mol. The Labute approximate surface area is 296 Å². The van der Waals surface area contributed by atoms with Crippen LogP contribution < -0.4 is 15.1 Å². The van der Waals surface area contributed by atoms with E-state index in [-0.39, 0.29) is 58.8 Å². The second kappa shape index (κ2) is 14.4. The van der Waals surface area contributed by atoms with Gasteiger partial charge in [0.25, 0.3) is 0 Å². The number of ether oxygens (including phenoxy) is 1. The smallest absolute Gasteiger partial charge is 0.410 e. The van der Waals surface area contributed by atoms with Gasteiger partial charge in [-0.1, -0.05) is 31.8 Å². The van der Waals surface area contributed by atoms with Crippen molar-refractivity contribution in [3.05, 3.63) is 99.6 Å². The van der Waals surface area contributed by atoms with Gasteiger partial charge in [-0.25, -0.2) is 18.0 Å². The van der Waals surface area contributed by atoms with Crippen molar-refractivity contribution in [1.29, 1.82) is 0 Å². The maximum Gasteiger partial charge on any atom is 0.415 e. The quantitative estimate of drug-likeness (QED) is 0.126. The van der Waals surface area contributed by atoms with Gasteiger partial charge in [0, 0.05) is 43.3 Å². The van der Waals surface area contributed by atoms with Crippen molar-refractivity contribution in [3.8, 4) is 11.4 Å². The maximum atomic E-state index is 15.8. The number of aromatic nitrogens is 1. The summed E-state index contributed by atoms with van der Waals surface area (Å²) in [6, 6.07) is 9.87. The molecule has 52 heavy (non-hydrogen) atoms. The number of anilines is 1. The second-order valence-corrected chi connectivity index (χ2v) is 22.6. The first-order valence-corrected chi connectivity index (χ1v) is 22.7. The minimum Gasteiger partial charge on any atom is -0.410 e. The van der Waals surface area contributed by atoms with Gasteiger partial charge in [0.15, 0.2) is 10.8 Å². The molecule has 2 heterocycles. The van der Waals surface area contributed by atoms with Gasteiger partial charge in [0.2, 0.25) is 0 Å². The molecule has 1 saturated heterocycles. The fourth-order valence-electron chi connectivity index (χ4n) is 5.96. The lowest BCUT2D eigenvalue weighted by Crippen LogP contribution is -2.55. The first-order chi connectivity index (χ1) is 24.1. The number of rotatable bonds is 9. The number of carbonyl (C=O) groups excluding carboxylic acids is 2. The molecule has 0 radical (unpaired) electrons. The lowest BCUT2D eigenvalue weighted by molar-refractivity contribution is 0.106. The number of piperazine rings is 1. The molecule has 1 aliphatic heterocycles. The Morgan fingerprint density at radius 3 is 2.08 bits per heavy atom. The molecule has 5 rings (SSSR count). The van der Waals surface area contributed by atoms with E-state index in [4.69, 9.17) is 4.74 Å². The van der Waals surface area contributed by atoms with E-state index in [0.717, 1.165) is 18.2 Å². The van der Waals surface area contributed by atoms with Crippen LogP contribution in [0, 0.1) is 17.5 Å². The van der Waals surface area contributed by atoms with E-state index in [2.05, 4.69) is 0 Å². The molecule has 4 aromatic rings. The first kappa shape index (κ1) is 39.1. The summed E-state index contributed by atoms with van der Waals surface area (Å²) in [7, 11) is -12.9. The summed E-state index contributed by atoms with van der Waals surface area (Å²) in [6.45, 7) is 7.18. The minimum atomic E-state index is -5.14. The molecule has 19 heteroatoms. The van der Waals surface area contributed by atoms with Gasteiger partial charge < -0.3 is 38.7 Å². The SMILES string of the molecule is CC1CN(c2cc3c(cc2F)c(=O)c(C(=O)[Si](C)(C)C)cn3-c2ccc(F)cc2F)CCN1C(=O)Oc1ccc(CC(P(=O)(O)O)P(=O)(O)O)cc1. The Kier molecular flexibility index (Phi) is 10.8. The van der Waals surface area contributed by atoms with Crippen LogP contribution in [0.3, 0.4) is 0 Å². The number of halogens is 3. The number of hydrogen-bond acceptors (Lipinski definition) is 7. The summed E-state index contributed by atoms with van der Waals surface area (Å²) in [4.78, 5) is 80.6. The number of hydrogen-bond donors (Lipinski definition) is 4. The number of amides is 1. The Morgan fingerprint density at radius 2 is 1.52 bits per heavy atom. The molecule has 3 aromatic carbocycles. The Morgan fingerprint density at radius 1 is 0.904 bits per heavy atom. The predicted octanol–water partition coefficient (Wildman–Crippen LogP) is 5.40. The van der Waals surface area contributed by atoms with Crippen molar-refractivity contribution in [2.45, 2.75) is 44.4 Å². The topological polar surface area (TPSA) is 187 Å². The van der Waals surface area contributed by atoms with Crippen molar-refractivity contribution >= 4 is 51.4 Å². The molecule has 0 spiro atoms. The van der Waals surface area contributed by atoms with Gasteiger partial charge in [-0.05, 0) is 55.3 Å². The van der Waals surface area contributed by atoms with Crippen LogP contribution in [0.15, 0.2) is 65.6 Å². The van der Waals surface area contributed by atoms with Gasteiger partial charge in [-0.3, -0.25) is 18.7 Å². The molecule has 1 aromatic heterocycles. The van der Waals surface area contributed by atoms with Crippen molar-refractivity contribution < 1.29 is 56.2 Å². The van der Waals surface area contributed by atoms with Crippen LogP contribution in [-0.4, -0.2) is 79.7 Å². The van der Waals surface area contributed by atoms with Gasteiger partial charge in [0.05, 0.1) is 22.5 Å². The average Bonchev–Trinajstić information content (AvgIpc) is 3.03. The van der Waals surface area contributed by atoms with Gasteiger partial charge in [0.1, 0.15) is 36.7 Å². The highest BCUT2D eigenvalue weighted by atomic mass is 31.2. The van der Waals surface area contributed by atoms with Gasteiger partial charge in [-0.15, -0.1) is 0 Å². The van der Waals surface area contributed by atoms with Gasteiger partial charge >= 0.3 is 21.3 Å². The number of pyridine rings is 1. The summed E-state index contributed by atoms with van der Waals surface area (Å²) < 4.78 is 74.8. The number of benzene rings is 3. The lowest BCUT2D eigenvalue weighted by Gasteiger charge is -2.40. The van der Waals surface area contributed by atoms with E-state index in [1.54, 1.807) is 31.5 Å². The highest BCUT2D eigenvalue weighted by Crippen LogP contribution is 2.60. The molecule has 1 fully saturated rings. The second-order valence-electron chi connectivity index (χ2n) is 13.6. The Bertz CT molecular complexity index is 2200. The molecule has 4 N–H and O–H groups in total. The molecule has 1 atom stereocenters. The number of carbonyl (C=O) groups is 2. The van der Waals surface area contributed by atoms with E-state index in [9.17, 15) is 47.5 Å². The molecular formula is C33H36F3N3O10P2Si. The minimum absolute atomic E-state index is 0.0341. The zero-order chi connectivity index (χ0) is 38.5. The van der Waals surface area contributed by atoms with E-state index < -0.39 is 75.5 Å². The average molecular weight is 782 g/mol. The molecule has 0 saturated carbocycles. The predicted molar refractivity (Wildman–Crippen MR) is 190 cm³/mol. The molecule has 278 valence electrons. The van der Waals surface area contributed by atoms with Crippen molar-refractivity contribution in [2.24, 2.45) is 0 Å². The molecule has 1 amide bonds. The van der Waals surface area contributed by atoms with Crippen molar-refractivity contribution in [1.82, 2.24) is 9.47 Å². The summed E-state index contributed by atoms with van der Waals surface area (Å²) in [6.07, 6.45) is -0.178. The molecule has 1 unspecified atom stereocenters. The van der Waals surface area contributed by atoms with Crippen LogP contribution >= 0.6 is 15.2 Å². The largest absolute Gasteiger partial charge is 0.415 e. The van der Waals surface area contributed by atoms with E-state index >= 15 is 8.78 Å². The van der Waals surface area contributed by atoms with Crippen LogP contribution in [0.5, 0.6) is 5.75 Å². The number of nitrogens with zero attached hydrogens (tertiary/aromatic N) is 3. The highest BCUT2D eigenvalue weighted by molar-refractivity contribution is 7.70. The van der Waals surface area contributed by atoms with Crippen LogP contribution in [-0.2, 0) is 15.6 Å². The third-order valence-corrected chi connectivity index (χ3v) is 14.0. The third-order valence-electron chi connectivity index (χ3n) is 8.69. The van der Waals surface area contributed by atoms with Crippen LogP contribution in [0.2, 0.25) is 19.6 Å². The summed E-state index contributed by atoms with van der Waals surface area (Å²) >= 11 is 0.